The molecule has 0 saturated heterocycles. The van der Waals surface area contributed by atoms with E-state index in [2.05, 4.69) is 80.5 Å². The van der Waals surface area contributed by atoms with Crippen molar-refractivity contribution in [2.75, 3.05) is 0 Å². The second kappa shape index (κ2) is 10.5. The molecule has 4 aromatic rings. The summed E-state index contributed by atoms with van der Waals surface area (Å²) in [7, 11) is 0. The van der Waals surface area contributed by atoms with E-state index in [9.17, 15) is 0 Å². The van der Waals surface area contributed by atoms with Gasteiger partial charge in [0, 0.05) is 0 Å². The van der Waals surface area contributed by atoms with E-state index in [0.29, 0.717) is 0 Å². The van der Waals surface area contributed by atoms with E-state index in [1.807, 2.05) is 48.5 Å². The summed E-state index contributed by atoms with van der Waals surface area (Å²) in [5.41, 5.74) is 8.48. The van der Waals surface area contributed by atoms with Gasteiger partial charge in [-0.25, -0.2) is 0 Å². The number of benzene rings is 4. The van der Waals surface area contributed by atoms with Crippen LogP contribution in [0, 0.1) is 0 Å². The van der Waals surface area contributed by atoms with Crippen molar-refractivity contribution in [1.82, 2.24) is 0 Å². The molecule has 0 amide bonds. The van der Waals surface area contributed by atoms with Crippen molar-refractivity contribution >= 4 is 34.8 Å². The lowest BCUT2D eigenvalue weighted by atomic mass is 10.0. The van der Waals surface area contributed by atoms with E-state index < -0.39 is 0 Å². The third-order valence-corrected chi connectivity index (χ3v) is 5.87. The van der Waals surface area contributed by atoms with Crippen LogP contribution in [0.2, 0.25) is 0 Å². The zero-order valence-electron chi connectivity index (χ0n) is 18.9. The number of aryl methyl sites for hydroxylation is 4. The van der Waals surface area contributed by atoms with Crippen LogP contribution in [0.15, 0.2) is 117 Å². The van der Waals surface area contributed by atoms with Crippen LogP contribution in [-0.2, 0) is 25.7 Å². The molecule has 11 rings (SSSR count). The van der Waals surface area contributed by atoms with Crippen LogP contribution >= 0.6 is 0 Å². The van der Waals surface area contributed by atoms with E-state index in [-0.39, 0.29) is 0 Å². The molecule has 0 N–H and O–H groups in total. The van der Waals surface area contributed by atoms with Gasteiger partial charge in [-0.15, -0.1) is 0 Å². The summed E-state index contributed by atoms with van der Waals surface area (Å²) < 4.78 is 0. The fourth-order valence-electron chi connectivity index (χ4n) is 3.81. The minimum atomic E-state index is 0.848. The smallest absolute Gasteiger partial charge is 0.100 e. The van der Waals surface area contributed by atoms with E-state index in [1.54, 1.807) is 0 Å². The summed E-state index contributed by atoms with van der Waals surface area (Å²) in [6.07, 6.45) is 3.85. The molecule has 0 fully saturated rings. The lowest BCUT2D eigenvalue weighted by molar-refractivity contribution is 0.960. The topological polar surface area (TPSA) is 49.4 Å². The van der Waals surface area contributed by atoms with E-state index in [4.69, 9.17) is 0 Å². The highest BCUT2D eigenvalue weighted by molar-refractivity contribution is 5.59. The standard InChI is InChI=1S/C30H24N4/c1-2-24-7-15-28(16-8-24)32-22-34-30-19-11-26(12-20-30)4-3-25-9-17-29(18-10-25)33-21-31-27-13-5-23(1)6-14-27/h5-20H,1-4H2. The average Bonchev–Trinajstić information content (AvgIpc) is 2.89. The van der Waals surface area contributed by atoms with Gasteiger partial charge >= 0.3 is 0 Å². The Hall–Kier alpha value is -4.36. The molecule has 7 aliphatic rings. The molecular weight excluding hydrogens is 416 g/mol. The van der Waals surface area contributed by atoms with Gasteiger partial charge in [0.1, 0.15) is 12.0 Å². The maximum Gasteiger partial charge on any atom is 0.100 e. The molecule has 4 nitrogen and oxygen atoms in total. The van der Waals surface area contributed by atoms with Crippen LogP contribution in [-0.4, -0.2) is 12.0 Å². The van der Waals surface area contributed by atoms with Crippen LogP contribution in [0.4, 0.5) is 22.7 Å². The summed E-state index contributed by atoms with van der Waals surface area (Å²) in [6.45, 7) is 0. The lowest BCUT2D eigenvalue weighted by Crippen LogP contribution is -1.90. The molecule has 0 radical (unpaired) electrons. The second-order valence-corrected chi connectivity index (χ2v) is 8.31. The number of nitrogens with zero attached hydrogens (tertiary/aromatic N) is 4. The molecule has 164 valence electrons. The first-order valence-corrected chi connectivity index (χ1v) is 11.5. The van der Waals surface area contributed by atoms with Crippen molar-refractivity contribution in [1.29, 1.82) is 0 Å². The monoisotopic (exact) mass is 440 g/mol. The molecule has 0 aromatic heterocycles. The SMILES string of the molecule is C1=Nc2ccc(cc2)CCc2ccc(cc2)N=C=Nc2ccc(cc2)CCc2ccc(cc2)N=1. The minimum Gasteiger partial charge on any atom is -0.188 e. The number of rotatable bonds is 0. The first kappa shape index (κ1) is 21.5. The van der Waals surface area contributed by atoms with Gasteiger partial charge in [-0.3, -0.25) is 0 Å². The molecule has 7 heterocycles. The van der Waals surface area contributed by atoms with Gasteiger partial charge < -0.3 is 0 Å². The Bertz CT molecular complexity index is 1150. The highest BCUT2D eigenvalue weighted by Crippen LogP contribution is 2.19. The number of hydrogen-bond donors (Lipinski definition) is 0. The maximum absolute atomic E-state index is 4.35. The summed E-state index contributed by atoms with van der Waals surface area (Å²) in [5, 5.41) is 0. The Balaban J connectivity index is 1.41. The highest BCUT2D eigenvalue weighted by Gasteiger charge is 1.99. The fourth-order valence-corrected chi connectivity index (χ4v) is 3.81. The fraction of sp³-hybridized carbons (Fsp3) is 0.133. The van der Waals surface area contributed by atoms with Crippen LogP contribution in [0.25, 0.3) is 0 Å². The van der Waals surface area contributed by atoms with Crippen LogP contribution in [0.3, 0.4) is 0 Å². The van der Waals surface area contributed by atoms with Crippen molar-refractivity contribution in [2.45, 2.75) is 25.7 Å². The molecular formula is C30H24N4. The molecule has 8 bridgehead atoms. The molecule has 0 atom stereocenters. The van der Waals surface area contributed by atoms with Crippen LogP contribution in [0.5, 0.6) is 0 Å². The van der Waals surface area contributed by atoms with Gasteiger partial charge in [-0.1, -0.05) is 48.5 Å². The summed E-state index contributed by atoms with van der Waals surface area (Å²) in [6, 6.07) is 38.6. The van der Waals surface area contributed by atoms with E-state index in [0.717, 1.165) is 48.4 Å². The second-order valence-electron chi connectivity index (χ2n) is 8.31. The molecule has 34 heavy (non-hydrogen) atoms. The maximum atomic E-state index is 4.35. The van der Waals surface area contributed by atoms with Gasteiger partial charge in [0.05, 0.1) is 22.7 Å². The largest absolute Gasteiger partial charge is 0.188 e. The van der Waals surface area contributed by atoms with Crippen molar-refractivity contribution in [3.63, 3.8) is 0 Å². The van der Waals surface area contributed by atoms with Gasteiger partial charge in [-0.2, -0.15) is 20.0 Å². The van der Waals surface area contributed by atoms with Crippen molar-refractivity contribution in [3.8, 4) is 0 Å². The van der Waals surface area contributed by atoms with Gasteiger partial charge in [-0.05, 0) is 96.5 Å². The van der Waals surface area contributed by atoms with Crippen LogP contribution < -0.4 is 0 Å². The predicted molar refractivity (Wildman–Crippen MR) is 139 cm³/mol. The third kappa shape index (κ3) is 5.90. The normalized spacial score (nSPS) is 13.2. The summed E-state index contributed by atoms with van der Waals surface area (Å²) in [5.74, 6) is 0. The Kier molecular flexibility index (Phi) is 6.64. The molecule has 0 aliphatic carbocycles. The third-order valence-electron chi connectivity index (χ3n) is 5.87. The molecule has 4 aromatic carbocycles. The minimum absolute atomic E-state index is 0.848. The lowest BCUT2D eigenvalue weighted by Gasteiger charge is -2.03. The van der Waals surface area contributed by atoms with Crippen LogP contribution in [0.1, 0.15) is 22.3 Å². The van der Waals surface area contributed by atoms with Gasteiger partial charge in [0.2, 0.25) is 0 Å². The number of aliphatic imine (C=N–C) groups is 4. The Labute approximate surface area is 199 Å². The molecule has 0 unspecified atom stereocenters. The van der Waals surface area contributed by atoms with E-state index in [1.165, 1.54) is 22.3 Å². The average molecular weight is 441 g/mol. The quantitative estimate of drug-likeness (QED) is 0.267. The zero-order valence-corrected chi connectivity index (χ0v) is 18.9. The molecule has 0 saturated carbocycles. The molecule has 0 spiro atoms. The van der Waals surface area contributed by atoms with Gasteiger partial charge in [0.15, 0.2) is 0 Å². The van der Waals surface area contributed by atoms with Crippen molar-refractivity contribution < 1.29 is 0 Å². The Morgan fingerprint density at radius 1 is 0.324 bits per heavy atom. The van der Waals surface area contributed by atoms with E-state index >= 15 is 0 Å². The Morgan fingerprint density at radius 3 is 0.735 bits per heavy atom. The predicted octanol–water partition coefficient (Wildman–Crippen LogP) is 7.84. The highest BCUT2D eigenvalue weighted by atomic mass is 14.8. The summed E-state index contributed by atoms with van der Waals surface area (Å²) >= 11 is 0. The molecule has 4 heteroatoms. The first-order chi connectivity index (χ1) is 16.8. The first-order valence-electron chi connectivity index (χ1n) is 11.5. The summed E-state index contributed by atoms with van der Waals surface area (Å²) in [4.78, 5) is 17.4. The zero-order chi connectivity index (χ0) is 23.0. The Morgan fingerprint density at radius 2 is 0.529 bits per heavy atom. The molecule has 7 aliphatic heterocycles. The van der Waals surface area contributed by atoms with Gasteiger partial charge in [0.25, 0.3) is 0 Å². The van der Waals surface area contributed by atoms with Crippen molar-refractivity contribution in [2.24, 2.45) is 20.0 Å². The number of hydrogen-bond acceptors (Lipinski definition) is 4. The van der Waals surface area contributed by atoms with Crippen molar-refractivity contribution in [3.05, 3.63) is 119 Å².